The molecule has 15 heavy (non-hydrogen) atoms. The number of rotatable bonds is 1. The van der Waals surface area contributed by atoms with Gasteiger partial charge in [0, 0.05) is 25.3 Å². The highest BCUT2D eigenvalue weighted by Gasteiger charge is 2.18. The number of fused-ring (bicyclic) bond motifs is 1. The largest absolute Gasteiger partial charge is 0.382 e. The van der Waals surface area contributed by atoms with Crippen LogP contribution < -0.4 is 10.2 Å². The lowest BCUT2D eigenvalue weighted by atomic mass is 10.2. The Bertz CT molecular complexity index is 349. The van der Waals surface area contributed by atoms with Crippen LogP contribution in [0.5, 0.6) is 0 Å². The summed E-state index contributed by atoms with van der Waals surface area (Å²) < 4.78 is 0. The molecule has 0 spiro atoms. The minimum Gasteiger partial charge on any atom is -0.382 e. The smallest absolute Gasteiger partial charge is 0.152 e. The van der Waals surface area contributed by atoms with Crippen molar-refractivity contribution in [3.05, 3.63) is 17.8 Å². The van der Waals surface area contributed by atoms with Crippen LogP contribution in [0.3, 0.4) is 0 Å². The topological polar surface area (TPSA) is 28.2 Å². The molecule has 0 radical (unpaired) electrons. The number of aryl methyl sites for hydroxylation is 1. The molecule has 1 atom stereocenters. The second kappa shape index (κ2) is 4.09. The summed E-state index contributed by atoms with van der Waals surface area (Å²) in [7, 11) is 0. The summed E-state index contributed by atoms with van der Waals surface area (Å²) in [6.07, 6.45) is 0. The van der Waals surface area contributed by atoms with Crippen LogP contribution in [0.4, 0.5) is 11.5 Å². The molecule has 1 N–H and O–H groups in total. The van der Waals surface area contributed by atoms with Gasteiger partial charge in [-0.05, 0) is 31.9 Å². The number of pyridine rings is 1. The third kappa shape index (κ3) is 2.06. The third-order valence-corrected chi connectivity index (χ3v) is 2.87. The van der Waals surface area contributed by atoms with Crippen molar-refractivity contribution in [2.24, 2.45) is 5.92 Å². The van der Waals surface area contributed by atoms with E-state index in [-0.39, 0.29) is 0 Å². The first-order chi connectivity index (χ1) is 7.20. The number of anilines is 2. The highest BCUT2D eigenvalue weighted by atomic mass is 15.2. The number of nitrogens with zero attached hydrogens (tertiary/aromatic N) is 2. The van der Waals surface area contributed by atoms with Gasteiger partial charge in [-0.15, -0.1) is 0 Å². The van der Waals surface area contributed by atoms with Crippen molar-refractivity contribution in [3.63, 3.8) is 0 Å². The molecule has 3 heteroatoms. The SMILES string of the molecule is CCN1CC(C)CNc2ccc(C)nc21. The highest BCUT2D eigenvalue weighted by Crippen LogP contribution is 2.27. The fraction of sp³-hybridized carbons (Fsp3) is 0.583. The molecule has 1 aliphatic rings. The van der Waals surface area contributed by atoms with E-state index in [1.165, 1.54) is 5.69 Å². The average Bonchev–Trinajstić information content (AvgIpc) is 2.38. The van der Waals surface area contributed by atoms with Crippen molar-refractivity contribution >= 4 is 11.5 Å². The van der Waals surface area contributed by atoms with E-state index >= 15 is 0 Å². The Morgan fingerprint density at radius 3 is 3.07 bits per heavy atom. The van der Waals surface area contributed by atoms with E-state index < -0.39 is 0 Å². The molecule has 0 aliphatic carbocycles. The van der Waals surface area contributed by atoms with Crippen LogP contribution in [0.15, 0.2) is 12.1 Å². The van der Waals surface area contributed by atoms with Gasteiger partial charge in [0.1, 0.15) is 0 Å². The first kappa shape index (κ1) is 10.3. The van der Waals surface area contributed by atoms with Crippen molar-refractivity contribution in [2.75, 3.05) is 29.9 Å². The minimum atomic E-state index is 0.666. The van der Waals surface area contributed by atoms with E-state index in [9.17, 15) is 0 Å². The van der Waals surface area contributed by atoms with Crippen LogP contribution in [0.1, 0.15) is 19.5 Å². The molecular formula is C12H19N3. The van der Waals surface area contributed by atoms with Gasteiger partial charge in [0.2, 0.25) is 0 Å². The summed E-state index contributed by atoms with van der Waals surface area (Å²) >= 11 is 0. The van der Waals surface area contributed by atoms with Gasteiger partial charge in [-0.2, -0.15) is 0 Å². The Hall–Kier alpha value is -1.25. The van der Waals surface area contributed by atoms with Crippen LogP contribution in [0, 0.1) is 12.8 Å². The fourth-order valence-electron chi connectivity index (χ4n) is 2.01. The van der Waals surface area contributed by atoms with E-state index in [2.05, 4.69) is 41.2 Å². The molecule has 82 valence electrons. The van der Waals surface area contributed by atoms with E-state index in [0.29, 0.717) is 5.92 Å². The second-order valence-corrected chi connectivity index (χ2v) is 4.35. The van der Waals surface area contributed by atoms with E-state index in [1.807, 2.05) is 6.92 Å². The van der Waals surface area contributed by atoms with Crippen LogP contribution in [0.25, 0.3) is 0 Å². The average molecular weight is 205 g/mol. The molecule has 0 amide bonds. The molecule has 0 fully saturated rings. The summed E-state index contributed by atoms with van der Waals surface area (Å²) in [6.45, 7) is 9.65. The fourth-order valence-corrected chi connectivity index (χ4v) is 2.01. The zero-order valence-corrected chi connectivity index (χ0v) is 9.75. The molecule has 0 saturated heterocycles. The lowest BCUT2D eigenvalue weighted by Crippen LogP contribution is -2.28. The molecule has 1 aliphatic heterocycles. The molecule has 3 nitrogen and oxygen atoms in total. The lowest BCUT2D eigenvalue weighted by molar-refractivity contribution is 0.599. The Labute approximate surface area is 91.5 Å². The first-order valence-electron chi connectivity index (χ1n) is 5.67. The first-order valence-corrected chi connectivity index (χ1v) is 5.67. The van der Waals surface area contributed by atoms with E-state index in [0.717, 1.165) is 31.1 Å². The minimum absolute atomic E-state index is 0.666. The summed E-state index contributed by atoms with van der Waals surface area (Å²) in [5.41, 5.74) is 2.26. The van der Waals surface area contributed by atoms with Gasteiger partial charge in [-0.1, -0.05) is 6.92 Å². The molecule has 1 aromatic heterocycles. The van der Waals surface area contributed by atoms with Gasteiger partial charge in [0.15, 0.2) is 5.82 Å². The van der Waals surface area contributed by atoms with E-state index in [4.69, 9.17) is 0 Å². The summed E-state index contributed by atoms with van der Waals surface area (Å²) in [5.74, 6) is 1.78. The quantitative estimate of drug-likeness (QED) is 0.762. The van der Waals surface area contributed by atoms with Gasteiger partial charge in [-0.3, -0.25) is 0 Å². The lowest BCUT2D eigenvalue weighted by Gasteiger charge is -2.23. The monoisotopic (exact) mass is 205 g/mol. The van der Waals surface area contributed by atoms with Crippen LogP contribution in [-0.2, 0) is 0 Å². The maximum Gasteiger partial charge on any atom is 0.152 e. The zero-order valence-electron chi connectivity index (χ0n) is 9.75. The number of hydrogen-bond acceptors (Lipinski definition) is 3. The Morgan fingerprint density at radius 1 is 1.53 bits per heavy atom. The number of hydrogen-bond donors (Lipinski definition) is 1. The van der Waals surface area contributed by atoms with Crippen molar-refractivity contribution in [1.29, 1.82) is 0 Å². The van der Waals surface area contributed by atoms with Gasteiger partial charge in [-0.25, -0.2) is 4.98 Å². The second-order valence-electron chi connectivity index (χ2n) is 4.35. The Morgan fingerprint density at radius 2 is 2.33 bits per heavy atom. The molecule has 0 aromatic carbocycles. The normalized spacial score (nSPS) is 20.5. The predicted molar refractivity (Wildman–Crippen MR) is 64.5 cm³/mol. The Kier molecular flexibility index (Phi) is 2.80. The standard InChI is InChI=1S/C12H19N3/c1-4-15-8-9(2)7-13-11-6-5-10(3)14-12(11)15/h5-6,9,13H,4,7-8H2,1-3H3. The molecule has 1 aromatic rings. The molecule has 1 unspecified atom stereocenters. The van der Waals surface area contributed by atoms with Crippen LogP contribution in [-0.4, -0.2) is 24.6 Å². The van der Waals surface area contributed by atoms with Gasteiger partial charge < -0.3 is 10.2 Å². The maximum atomic E-state index is 4.62. The van der Waals surface area contributed by atoms with Crippen molar-refractivity contribution < 1.29 is 0 Å². The summed E-state index contributed by atoms with van der Waals surface area (Å²) in [5, 5.41) is 3.46. The van der Waals surface area contributed by atoms with Crippen molar-refractivity contribution in [2.45, 2.75) is 20.8 Å². The van der Waals surface area contributed by atoms with Crippen molar-refractivity contribution in [1.82, 2.24) is 4.98 Å². The van der Waals surface area contributed by atoms with E-state index in [1.54, 1.807) is 0 Å². The van der Waals surface area contributed by atoms with Crippen molar-refractivity contribution in [3.8, 4) is 0 Å². The van der Waals surface area contributed by atoms with Crippen LogP contribution in [0.2, 0.25) is 0 Å². The van der Waals surface area contributed by atoms with Gasteiger partial charge >= 0.3 is 0 Å². The number of nitrogens with one attached hydrogen (secondary N) is 1. The predicted octanol–water partition coefficient (Wildman–Crippen LogP) is 2.28. The molecular weight excluding hydrogens is 186 g/mol. The molecule has 0 bridgehead atoms. The highest BCUT2D eigenvalue weighted by molar-refractivity contribution is 5.66. The summed E-state index contributed by atoms with van der Waals surface area (Å²) in [6, 6.07) is 4.20. The molecule has 0 saturated carbocycles. The number of aromatic nitrogens is 1. The third-order valence-electron chi connectivity index (χ3n) is 2.87. The molecule has 2 rings (SSSR count). The zero-order chi connectivity index (χ0) is 10.8. The Balaban J connectivity index is 2.39. The maximum absolute atomic E-state index is 4.62. The van der Waals surface area contributed by atoms with Crippen LogP contribution >= 0.6 is 0 Å². The van der Waals surface area contributed by atoms with Gasteiger partial charge in [0.25, 0.3) is 0 Å². The summed E-state index contributed by atoms with van der Waals surface area (Å²) in [4.78, 5) is 6.98. The van der Waals surface area contributed by atoms with Gasteiger partial charge in [0.05, 0.1) is 5.69 Å². The molecule has 2 heterocycles.